The largest absolute Gasteiger partial charge is 0.480 e. The number of hydrogen-bond donors (Lipinski definition) is 1. The second-order valence-corrected chi connectivity index (χ2v) is 7.82. The van der Waals surface area contributed by atoms with Gasteiger partial charge in [-0.25, -0.2) is 4.79 Å². The van der Waals surface area contributed by atoms with Crippen molar-refractivity contribution in [2.45, 2.75) is 27.2 Å². The predicted molar refractivity (Wildman–Crippen MR) is 135 cm³/mol. The van der Waals surface area contributed by atoms with Gasteiger partial charge in [0, 0.05) is 18.2 Å². The normalized spacial score (nSPS) is 10.4. The molecule has 0 bridgehead atoms. The number of carbonyl (C=O) groups excluding carboxylic acids is 1. The van der Waals surface area contributed by atoms with E-state index in [2.05, 4.69) is 11.9 Å². The molecule has 0 atom stereocenters. The van der Waals surface area contributed by atoms with Crippen LogP contribution in [0.2, 0.25) is 5.02 Å². The van der Waals surface area contributed by atoms with Crippen LogP contribution in [0.1, 0.15) is 25.0 Å². The summed E-state index contributed by atoms with van der Waals surface area (Å²) in [5, 5.41) is 9.83. The van der Waals surface area contributed by atoms with Crippen molar-refractivity contribution < 1.29 is 24.2 Å². The molecular weight excluding hydrogens is 479 g/mol. The summed E-state index contributed by atoms with van der Waals surface area (Å²) in [5.41, 5.74) is 3.69. The Labute approximate surface area is 209 Å². The Kier molecular flexibility index (Phi) is 11.1. The van der Waals surface area contributed by atoms with E-state index < -0.39 is 12.6 Å². The highest BCUT2D eigenvalue weighted by Gasteiger charge is 2.19. The van der Waals surface area contributed by atoms with Gasteiger partial charge >= 0.3 is 5.97 Å². The third kappa shape index (κ3) is 7.32. The van der Waals surface area contributed by atoms with E-state index in [1.165, 1.54) is 0 Å². The number of rotatable bonds is 9. The number of hydrogen-bond acceptors (Lipinski definition) is 5. The zero-order valence-electron chi connectivity index (χ0n) is 19.4. The monoisotopic (exact) mass is 506 g/mol. The number of carboxylic acid groups (broad SMARTS) is 1. The number of alkyl halides is 1. The van der Waals surface area contributed by atoms with E-state index >= 15 is 0 Å². The molecule has 0 aliphatic heterocycles. The Balaban J connectivity index is 0.000000241. The molecule has 0 saturated heterocycles. The maximum absolute atomic E-state index is 12.0. The van der Waals surface area contributed by atoms with Gasteiger partial charge in [-0.15, -0.1) is 11.6 Å². The Morgan fingerprint density at radius 3 is 2.53 bits per heavy atom. The first-order chi connectivity index (χ1) is 16.3. The second kappa shape index (κ2) is 13.7. The highest BCUT2D eigenvalue weighted by atomic mass is 35.5. The van der Waals surface area contributed by atoms with Crippen LogP contribution in [0, 0.1) is 6.92 Å². The van der Waals surface area contributed by atoms with E-state index in [-0.39, 0.29) is 18.5 Å². The van der Waals surface area contributed by atoms with Crippen LogP contribution >= 0.6 is 23.2 Å². The van der Waals surface area contributed by atoms with Crippen LogP contribution in [0.4, 0.5) is 5.69 Å². The van der Waals surface area contributed by atoms with Crippen molar-refractivity contribution in [3.05, 3.63) is 64.8 Å². The van der Waals surface area contributed by atoms with E-state index in [0.717, 1.165) is 28.6 Å². The Bertz CT molecular complexity index is 1120. The average Bonchev–Trinajstić information content (AvgIpc) is 2.84. The summed E-state index contributed by atoms with van der Waals surface area (Å²) in [4.78, 5) is 28.1. The molecule has 7 nitrogen and oxygen atoms in total. The lowest BCUT2D eigenvalue weighted by atomic mass is 10.0. The molecule has 1 N–H and O–H groups in total. The number of aliphatic carboxylic acids is 1. The number of aryl methyl sites for hydroxylation is 2. The van der Waals surface area contributed by atoms with E-state index in [1.54, 1.807) is 35.4 Å². The van der Waals surface area contributed by atoms with Crippen molar-refractivity contribution in [1.29, 1.82) is 0 Å². The lowest BCUT2D eigenvalue weighted by Gasteiger charge is -2.25. The van der Waals surface area contributed by atoms with E-state index in [9.17, 15) is 9.59 Å². The van der Waals surface area contributed by atoms with Crippen LogP contribution < -0.4 is 9.64 Å². The van der Waals surface area contributed by atoms with Gasteiger partial charge in [-0.2, -0.15) is 0 Å². The topological polar surface area (TPSA) is 89.0 Å². The molecule has 0 saturated carbocycles. The highest BCUT2D eigenvalue weighted by molar-refractivity contribution is 6.35. The van der Waals surface area contributed by atoms with Crippen LogP contribution in [-0.4, -0.2) is 47.8 Å². The summed E-state index contributed by atoms with van der Waals surface area (Å²) in [6, 6.07) is 12.9. The number of pyridine rings is 1. The number of ether oxygens (including phenoxy) is 2. The molecule has 0 fully saturated rings. The van der Waals surface area contributed by atoms with Gasteiger partial charge in [-0.3, -0.25) is 14.7 Å². The summed E-state index contributed by atoms with van der Waals surface area (Å²) in [7, 11) is 0. The summed E-state index contributed by atoms with van der Waals surface area (Å²) >= 11 is 11.7. The molecule has 2 aromatic carbocycles. The molecular formula is C25H28Cl2N2O5. The number of aromatic nitrogens is 1. The number of carbonyl (C=O) groups is 2. The number of nitrogens with zero attached hydrogens (tertiary/aromatic N) is 2. The number of para-hydroxylation sites is 1. The molecule has 1 amide bonds. The second-order valence-electron chi connectivity index (χ2n) is 7.14. The van der Waals surface area contributed by atoms with Crippen molar-refractivity contribution in [2.24, 2.45) is 0 Å². The standard InChI is InChI=1S/C14H20ClNO2.C11H8ClNO3/c1-4-12-8-6-7-11(3)14(12)16(10-18-5-2)13(17)9-15;12-8-3-4-9(16-6-10(14)15)11-7(8)2-1-5-13-11/h6-8H,4-5,9-10H2,1-3H3;1-5H,6H2,(H,14,15). The zero-order valence-corrected chi connectivity index (χ0v) is 20.9. The first-order valence-corrected chi connectivity index (χ1v) is 11.7. The minimum atomic E-state index is -1.03. The fraction of sp³-hybridized carbons (Fsp3) is 0.320. The highest BCUT2D eigenvalue weighted by Crippen LogP contribution is 2.29. The first kappa shape index (κ1) is 27.4. The van der Waals surface area contributed by atoms with Gasteiger partial charge in [0.2, 0.25) is 5.91 Å². The van der Waals surface area contributed by atoms with Gasteiger partial charge in [-0.1, -0.05) is 36.7 Å². The maximum atomic E-state index is 12.0. The third-order valence-electron chi connectivity index (χ3n) is 4.84. The van der Waals surface area contributed by atoms with Crippen LogP contribution in [-0.2, 0) is 20.7 Å². The molecule has 3 rings (SSSR count). The minimum absolute atomic E-state index is 0.0371. The molecule has 1 aromatic heterocycles. The Morgan fingerprint density at radius 2 is 1.88 bits per heavy atom. The molecule has 0 aliphatic rings. The summed E-state index contributed by atoms with van der Waals surface area (Å²) in [6.45, 7) is 6.39. The van der Waals surface area contributed by atoms with Crippen LogP contribution in [0.15, 0.2) is 48.7 Å². The molecule has 182 valence electrons. The number of carboxylic acids is 1. The molecule has 3 aromatic rings. The van der Waals surface area contributed by atoms with Crippen molar-refractivity contribution in [3.63, 3.8) is 0 Å². The van der Waals surface area contributed by atoms with Gasteiger partial charge in [-0.05, 0) is 55.7 Å². The molecule has 0 radical (unpaired) electrons. The van der Waals surface area contributed by atoms with Gasteiger partial charge in [0.25, 0.3) is 0 Å². The number of benzene rings is 2. The van der Waals surface area contributed by atoms with Crippen LogP contribution in [0.3, 0.4) is 0 Å². The first-order valence-electron chi connectivity index (χ1n) is 10.7. The summed E-state index contributed by atoms with van der Waals surface area (Å²) in [6.07, 6.45) is 2.47. The fourth-order valence-electron chi connectivity index (χ4n) is 3.28. The zero-order chi connectivity index (χ0) is 25.1. The van der Waals surface area contributed by atoms with E-state index in [0.29, 0.717) is 22.9 Å². The van der Waals surface area contributed by atoms with Crippen molar-refractivity contribution in [1.82, 2.24) is 4.98 Å². The Morgan fingerprint density at radius 1 is 1.12 bits per heavy atom. The van der Waals surface area contributed by atoms with Gasteiger partial charge in [0.05, 0.1) is 10.7 Å². The quantitative estimate of drug-likeness (QED) is 0.305. The minimum Gasteiger partial charge on any atom is -0.480 e. The van der Waals surface area contributed by atoms with E-state index in [4.69, 9.17) is 37.8 Å². The number of fused-ring (bicyclic) bond motifs is 1. The summed E-state index contributed by atoms with van der Waals surface area (Å²) in [5.74, 6) is -0.777. The molecule has 1 heterocycles. The smallest absolute Gasteiger partial charge is 0.341 e. The SMILES string of the molecule is CCOCN(C(=O)CCl)c1c(C)cccc1CC.O=C(O)COc1ccc(Cl)c2cccnc12. The van der Waals surface area contributed by atoms with Gasteiger partial charge in [0.1, 0.15) is 23.9 Å². The van der Waals surface area contributed by atoms with Gasteiger partial charge in [0.15, 0.2) is 6.61 Å². The molecule has 0 unspecified atom stereocenters. The van der Waals surface area contributed by atoms with Crippen molar-refractivity contribution >= 4 is 51.7 Å². The average molecular weight is 507 g/mol. The third-order valence-corrected chi connectivity index (χ3v) is 5.40. The number of amides is 1. The predicted octanol–water partition coefficient (Wildman–Crippen LogP) is 5.47. The Hall–Kier alpha value is -2.87. The maximum Gasteiger partial charge on any atom is 0.341 e. The van der Waals surface area contributed by atoms with Crippen LogP contribution in [0.25, 0.3) is 10.9 Å². The van der Waals surface area contributed by atoms with E-state index in [1.807, 2.05) is 32.0 Å². The van der Waals surface area contributed by atoms with Crippen LogP contribution in [0.5, 0.6) is 5.75 Å². The lowest BCUT2D eigenvalue weighted by Crippen LogP contribution is -2.35. The molecule has 34 heavy (non-hydrogen) atoms. The molecule has 0 aliphatic carbocycles. The van der Waals surface area contributed by atoms with Crippen molar-refractivity contribution in [2.75, 3.05) is 30.7 Å². The lowest BCUT2D eigenvalue weighted by molar-refractivity contribution is -0.139. The number of halogens is 2. The van der Waals surface area contributed by atoms with Gasteiger partial charge < -0.3 is 14.6 Å². The van der Waals surface area contributed by atoms with Crippen molar-refractivity contribution in [3.8, 4) is 5.75 Å². The summed E-state index contributed by atoms with van der Waals surface area (Å²) < 4.78 is 10.5. The molecule has 9 heteroatoms. The molecule has 0 spiro atoms. The fourth-order valence-corrected chi connectivity index (χ4v) is 3.63. The number of anilines is 1.